The Hall–Kier alpha value is -2.18. The molecular weight excluding hydrogens is 322 g/mol. The Labute approximate surface area is 147 Å². The molecule has 1 aliphatic heterocycles. The van der Waals surface area contributed by atoms with Gasteiger partial charge in [0.05, 0.1) is 17.7 Å². The van der Waals surface area contributed by atoms with Gasteiger partial charge in [0.25, 0.3) is 0 Å². The molecule has 1 aliphatic rings. The van der Waals surface area contributed by atoms with Gasteiger partial charge in [-0.2, -0.15) is 0 Å². The van der Waals surface area contributed by atoms with E-state index < -0.39 is 12.1 Å². The van der Waals surface area contributed by atoms with E-state index in [4.69, 9.17) is 9.84 Å². The molecule has 0 spiro atoms. The summed E-state index contributed by atoms with van der Waals surface area (Å²) in [5.74, 6) is -0.832. The lowest BCUT2D eigenvalue weighted by Gasteiger charge is -2.22. The van der Waals surface area contributed by atoms with Crippen LogP contribution in [0.4, 0.5) is 0 Å². The van der Waals surface area contributed by atoms with E-state index in [0.717, 1.165) is 12.0 Å². The highest BCUT2D eigenvalue weighted by molar-refractivity contribution is 5.87. The molecule has 0 unspecified atom stereocenters. The number of ether oxygens (including phenoxy) is 1. The van der Waals surface area contributed by atoms with Crippen LogP contribution in [0.25, 0.3) is 0 Å². The van der Waals surface area contributed by atoms with Crippen LogP contribution in [-0.2, 0) is 16.0 Å². The molecule has 1 aromatic rings. The molecule has 2 rings (SSSR count). The van der Waals surface area contributed by atoms with Crippen LogP contribution in [-0.4, -0.2) is 59.4 Å². The molecule has 1 saturated heterocycles. The Balaban J connectivity index is 1.90. The third-order valence-corrected chi connectivity index (χ3v) is 4.39. The molecular formula is C19H25NO5. The summed E-state index contributed by atoms with van der Waals surface area (Å²) < 4.78 is 4.94. The monoisotopic (exact) mass is 347 g/mol. The quantitative estimate of drug-likeness (QED) is 0.666. The van der Waals surface area contributed by atoms with Gasteiger partial charge in [-0.1, -0.05) is 24.3 Å². The summed E-state index contributed by atoms with van der Waals surface area (Å²) in [6, 6.07) is 6.72. The van der Waals surface area contributed by atoms with Gasteiger partial charge >= 0.3 is 5.97 Å². The minimum atomic E-state index is -0.946. The zero-order valence-electron chi connectivity index (χ0n) is 14.4. The minimum Gasteiger partial charge on any atom is -0.478 e. The van der Waals surface area contributed by atoms with Crippen LogP contribution in [0.3, 0.4) is 0 Å². The van der Waals surface area contributed by atoms with Crippen LogP contribution in [0, 0.1) is 0 Å². The average molecular weight is 347 g/mol. The molecule has 1 aromatic carbocycles. The predicted octanol–water partition coefficient (Wildman–Crippen LogP) is 1.87. The first-order valence-electron chi connectivity index (χ1n) is 8.48. The summed E-state index contributed by atoms with van der Waals surface area (Å²) in [6.45, 7) is 1.07. The van der Waals surface area contributed by atoms with Gasteiger partial charge in [-0.05, 0) is 30.5 Å². The number of hydrogen-bond acceptors (Lipinski definition) is 4. The number of aromatic carboxylic acids is 1. The first kappa shape index (κ1) is 19.1. The van der Waals surface area contributed by atoms with Crippen LogP contribution in [0.2, 0.25) is 0 Å². The lowest BCUT2D eigenvalue weighted by Crippen LogP contribution is -2.33. The number of methoxy groups -OCH3 is 1. The van der Waals surface area contributed by atoms with Crippen molar-refractivity contribution < 1.29 is 24.5 Å². The maximum Gasteiger partial charge on any atom is 0.335 e. The van der Waals surface area contributed by atoms with E-state index in [1.54, 1.807) is 37.5 Å². The molecule has 6 heteroatoms. The molecule has 0 aliphatic carbocycles. The van der Waals surface area contributed by atoms with Crippen molar-refractivity contribution in [3.8, 4) is 0 Å². The van der Waals surface area contributed by atoms with Gasteiger partial charge in [-0.25, -0.2) is 4.79 Å². The standard InChI is InChI=1S/C19H25NO5/c1-25-13-11-17(21)8-6-16-7-9-18(22)20(16)12-10-14-2-4-15(5-3-14)19(23)24/h2-6,8,16-17,21H,7,9-13H2,1H3,(H,23,24)/t16-,17-/m0/s1. The van der Waals surface area contributed by atoms with Crippen LogP contribution in [0.1, 0.15) is 35.2 Å². The molecule has 6 nitrogen and oxygen atoms in total. The molecule has 1 amide bonds. The van der Waals surface area contributed by atoms with Gasteiger partial charge in [-0.15, -0.1) is 0 Å². The molecule has 0 aromatic heterocycles. The molecule has 25 heavy (non-hydrogen) atoms. The number of hydrogen-bond donors (Lipinski definition) is 2. The lowest BCUT2D eigenvalue weighted by molar-refractivity contribution is -0.128. The second-order valence-corrected chi connectivity index (χ2v) is 6.18. The van der Waals surface area contributed by atoms with Gasteiger partial charge < -0.3 is 19.8 Å². The number of carbonyl (C=O) groups excluding carboxylic acids is 1. The van der Waals surface area contributed by atoms with Gasteiger partial charge in [0, 0.05) is 33.1 Å². The van der Waals surface area contributed by atoms with Gasteiger partial charge in [0.2, 0.25) is 5.91 Å². The number of nitrogens with zero attached hydrogens (tertiary/aromatic N) is 1. The van der Waals surface area contributed by atoms with Crippen molar-refractivity contribution in [3.05, 3.63) is 47.5 Å². The number of rotatable bonds is 9. The lowest BCUT2D eigenvalue weighted by atomic mass is 10.1. The van der Waals surface area contributed by atoms with E-state index in [2.05, 4.69) is 0 Å². The van der Waals surface area contributed by atoms with Gasteiger partial charge in [0.15, 0.2) is 0 Å². The van der Waals surface area contributed by atoms with Crippen molar-refractivity contribution >= 4 is 11.9 Å². The molecule has 0 radical (unpaired) electrons. The molecule has 0 bridgehead atoms. The Morgan fingerprint density at radius 1 is 1.40 bits per heavy atom. The average Bonchev–Trinajstić information content (AvgIpc) is 2.96. The highest BCUT2D eigenvalue weighted by Crippen LogP contribution is 2.21. The van der Waals surface area contributed by atoms with Crippen LogP contribution >= 0.6 is 0 Å². The fourth-order valence-corrected chi connectivity index (χ4v) is 2.90. The van der Waals surface area contributed by atoms with Crippen molar-refractivity contribution in [2.75, 3.05) is 20.3 Å². The SMILES string of the molecule is COCC[C@@H](O)C=C[C@H]1CCC(=O)N1CCc1ccc(C(=O)O)cc1. The Kier molecular flexibility index (Phi) is 7.16. The zero-order valence-corrected chi connectivity index (χ0v) is 14.4. The number of carboxylic acid groups (broad SMARTS) is 1. The van der Waals surface area contributed by atoms with Crippen molar-refractivity contribution in [2.24, 2.45) is 0 Å². The third-order valence-electron chi connectivity index (χ3n) is 4.39. The molecule has 2 N–H and O–H groups in total. The number of aliphatic hydroxyl groups is 1. The second-order valence-electron chi connectivity index (χ2n) is 6.18. The van der Waals surface area contributed by atoms with Crippen LogP contribution in [0.15, 0.2) is 36.4 Å². The van der Waals surface area contributed by atoms with Crippen molar-refractivity contribution in [1.82, 2.24) is 4.90 Å². The number of likely N-dealkylation sites (tertiary alicyclic amines) is 1. The summed E-state index contributed by atoms with van der Waals surface area (Å²) in [5.41, 5.74) is 1.25. The highest BCUT2D eigenvalue weighted by atomic mass is 16.5. The second kappa shape index (κ2) is 9.34. The smallest absolute Gasteiger partial charge is 0.335 e. The molecule has 2 atom stereocenters. The Bertz CT molecular complexity index is 611. The largest absolute Gasteiger partial charge is 0.478 e. The first-order chi connectivity index (χ1) is 12.0. The third kappa shape index (κ3) is 5.69. The number of carboxylic acids is 1. The summed E-state index contributed by atoms with van der Waals surface area (Å²) in [7, 11) is 1.59. The van der Waals surface area contributed by atoms with Crippen LogP contribution in [0.5, 0.6) is 0 Å². The Morgan fingerprint density at radius 2 is 2.12 bits per heavy atom. The van der Waals surface area contributed by atoms with Crippen molar-refractivity contribution in [2.45, 2.75) is 37.8 Å². The van der Waals surface area contributed by atoms with Crippen molar-refractivity contribution in [3.63, 3.8) is 0 Å². The topological polar surface area (TPSA) is 87.1 Å². The number of benzene rings is 1. The number of aliphatic hydroxyl groups excluding tert-OH is 1. The molecule has 0 saturated carbocycles. The number of carbonyl (C=O) groups is 2. The van der Waals surface area contributed by atoms with E-state index in [1.807, 2.05) is 11.0 Å². The summed E-state index contributed by atoms with van der Waals surface area (Å²) in [4.78, 5) is 24.8. The maximum absolute atomic E-state index is 12.1. The summed E-state index contributed by atoms with van der Waals surface area (Å²) in [6.07, 6.45) is 5.54. The van der Waals surface area contributed by atoms with Crippen LogP contribution < -0.4 is 0 Å². The van der Waals surface area contributed by atoms with E-state index in [0.29, 0.717) is 32.4 Å². The van der Waals surface area contributed by atoms with Crippen molar-refractivity contribution in [1.29, 1.82) is 0 Å². The van der Waals surface area contributed by atoms with Gasteiger partial charge in [0.1, 0.15) is 0 Å². The minimum absolute atomic E-state index is 0.00277. The zero-order chi connectivity index (χ0) is 18.2. The predicted molar refractivity (Wildman–Crippen MR) is 93.5 cm³/mol. The van der Waals surface area contributed by atoms with Gasteiger partial charge in [-0.3, -0.25) is 4.79 Å². The highest BCUT2D eigenvalue weighted by Gasteiger charge is 2.28. The maximum atomic E-state index is 12.1. The van der Waals surface area contributed by atoms with E-state index >= 15 is 0 Å². The summed E-state index contributed by atoms with van der Waals surface area (Å²) >= 11 is 0. The van der Waals surface area contributed by atoms with E-state index in [-0.39, 0.29) is 17.5 Å². The summed E-state index contributed by atoms with van der Waals surface area (Å²) in [5, 5.41) is 18.8. The van der Waals surface area contributed by atoms with E-state index in [9.17, 15) is 14.7 Å². The fourth-order valence-electron chi connectivity index (χ4n) is 2.90. The molecule has 1 heterocycles. The fraction of sp³-hybridized carbons (Fsp3) is 0.474. The Morgan fingerprint density at radius 3 is 2.76 bits per heavy atom. The normalized spacial score (nSPS) is 18.9. The first-order valence-corrected chi connectivity index (χ1v) is 8.48. The molecule has 1 fully saturated rings. The molecule has 136 valence electrons. The van der Waals surface area contributed by atoms with E-state index in [1.165, 1.54) is 0 Å². The number of amides is 1.